The van der Waals surface area contributed by atoms with E-state index in [1.165, 1.54) is 11.8 Å². The smallest absolute Gasteiger partial charge is 0.349 e. The van der Waals surface area contributed by atoms with Gasteiger partial charge in [-0.1, -0.05) is 23.9 Å². The molecule has 1 aromatic carbocycles. The van der Waals surface area contributed by atoms with Crippen molar-refractivity contribution in [2.45, 2.75) is 37.3 Å². The van der Waals surface area contributed by atoms with E-state index < -0.39 is 0 Å². The molecule has 0 radical (unpaired) electrons. The number of anilines is 1. The summed E-state index contributed by atoms with van der Waals surface area (Å²) >= 11 is 1.32. The van der Waals surface area contributed by atoms with Gasteiger partial charge in [0.05, 0.1) is 19.4 Å². The lowest BCUT2D eigenvalue weighted by atomic mass is 9.97. The molecule has 1 aliphatic rings. The van der Waals surface area contributed by atoms with Gasteiger partial charge < -0.3 is 10.1 Å². The van der Waals surface area contributed by atoms with Crippen LogP contribution < -0.4 is 15.7 Å². The highest BCUT2D eigenvalue weighted by atomic mass is 32.2. The Bertz CT molecular complexity index is 1130. The molecule has 0 unspecified atom stereocenters. The van der Waals surface area contributed by atoms with Gasteiger partial charge in [0, 0.05) is 35.4 Å². The second-order valence-corrected chi connectivity index (χ2v) is 8.31. The van der Waals surface area contributed by atoms with Crippen molar-refractivity contribution < 1.29 is 9.53 Å². The lowest BCUT2D eigenvalue weighted by molar-refractivity contribution is -0.113. The number of methoxy groups -OCH3 is 1. The second kappa shape index (κ2) is 9.78. The third-order valence-electron chi connectivity index (χ3n) is 5.21. The van der Waals surface area contributed by atoms with E-state index in [4.69, 9.17) is 4.74 Å². The molecule has 0 fully saturated rings. The predicted molar refractivity (Wildman–Crippen MR) is 121 cm³/mol. The highest BCUT2D eigenvalue weighted by molar-refractivity contribution is 8.00. The Morgan fingerprint density at radius 1 is 1.23 bits per heavy atom. The molecule has 8 heteroatoms. The van der Waals surface area contributed by atoms with E-state index in [9.17, 15) is 9.59 Å². The highest BCUT2D eigenvalue weighted by Crippen LogP contribution is 2.29. The average Bonchev–Trinajstić information content (AvgIpc) is 2.80. The van der Waals surface area contributed by atoms with Crippen LogP contribution in [0.1, 0.15) is 29.7 Å². The lowest BCUT2D eigenvalue weighted by Gasteiger charge is -2.22. The Kier molecular flexibility index (Phi) is 6.66. The molecule has 2 heterocycles. The zero-order valence-corrected chi connectivity index (χ0v) is 18.2. The van der Waals surface area contributed by atoms with Gasteiger partial charge in [-0.2, -0.15) is 4.98 Å². The summed E-state index contributed by atoms with van der Waals surface area (Å²) in [6.45, 7) is 0.462. The van der Waals surface area contributed by atoms with E-state index >= 15 is 0 Å². The molecule has 0 aliphatic heterocycles. The first-order valence-electron chi connectivity index (χ1n) is 10.2. The van der Waals surface area contributed by atoms with Crippen LogP contribution >= 0.6 is 11.8 Å². The zero-order valence-electron chi connectivity index (χ0n) is 17.3. The van der Waals surface area contributed by atoms with Gasteiger partial charge in [0.25, 0.3) is 0 Å². The molecule has 7 nitrogen and oxygen atoms in total. The molecule has 0 saturated carbocycles. The van der Waals surface area contributed by atoms with Gasteiger partial charge >= 0.3 is 5.69 Å². The van der Waals surface area contributed by atoms with Gasteiger partial charge in [0.1, 0.15) is 10.8 Å². The summed E-state index contributed by atoms with van der Waals surface area (Å²) in [4.78, 5) is 33.8. The van der Waals surface area contributed by atoms with E-state index in [1.807, 2.05) is 30.3 Å². The molecule has 31 heavy (non-hydrogen) atoms. The normalized spacial score (nSPS) is 12.8. The van der Waals surface area contributed by atoms with Crippen LogP contribution in [0.25, 0.3) is 0 Å². The minimum absolute atomic E-state index is 0.149. The monoisotopic (exact) mass is 436 g/mol. The largest absolute Gasteiger partial charge is 0.497 e. The predicted octanol–water partition coefficient (Wildman–Crippen LogP) is 3.30. The molecule has 1 aliphatic carbocycles. The molecule has 0 atom stereocenters. The van der Waals surface area contributed by atoms with Crippen molar-refractivity contribution in [3.05, 3.63) is 76.1 Å². The minimum atomic E-state index is -0.278. The first-order chi connectivity index (χ1) is 15.1. The van der Waals surface area contributed by atoms with Crippen LogP contribution in [-0.4, -0.2) is 33.3 Å². The summed E-state index contributed by atoms with van der Waals surface area (Å²) in [5, 5.41) is 3.54. The van der Waals surface area contributed by atoms with Crippen LogP contribution in [0, 0.1) is 0 Å². The maximum atomic E-state index is 12.8. The van der Waals surface area contributed by atoms with Crippen molar-refractivity contribution in [1.29, 1.82) is 0 Å². The number of nitrogens with one attached hydrogen (secondary N) is 1. The number of amides is 1. The number of pyridine rings is 1. The van der Waals surface area contributed by atoms with E-state index in [-0.39, 0.29) is 17.3 Å². The van der Waals surface area contributed by atoms with Crippen LogP contribution in [0.15, 0.2) is 58.6 Å². The molecule has 2 aromatic heterocycles. The van der Waals surface area contributed by atoms with Crippen molar-refractivity contribution >= 4 is 23.4 Å². The first-order valence-corrected chi connectivity index (χ1v) is 11.2. The van der Waals surface area contributed by atoms with E-state index in [1.54, 1.807) is 30.1 Å². The topological polar surface area (TPSA) is 86.1 Å². The number of thioether (sulfide) groups is 1. The number of fused-ring (bicyclic) bond motifs is 1. The molecule has 0 spiro atoms. The Morgan fingerprint density at radius 3 is 2.90 bits per heavy atom. The number of carbonyl (C=O) groups is 1. The fourth-order valence-electron chi connectivity index (χ4n) is 3.74. The van der Waals surface area contributed by atoms with E-state index in [0.29, 0.717) is 23.0 Å². The van der Waals surface area contributed by atoms with Gasteiger partial charge in [0.2, 0.25) is 5.91 Å². The average molecular weight is 437 g/mol. The maximum Gasteiger partial charge on any atom is 0.349 e. The van der Waals surface area contributed by atoms with Crippen LogP contribution in [-0.2, 0) is 24.2 Å². The van der Waals surface area contributed by atoms with Gasteiger partial charge in [-0.25, -0.2) is 4.79 Å². The summed E-state index contributed by atoms with van der Waals surface area (Å²) in [5.74, 6) is 0.713. The first kappa shape index (κ1) is 21.1. The van der Waals surface area contributed by atoms with Crippen molar-refractivity contribution in [3.63, 3.8) is 0 Å². The van der Waals surface area contributed by atoms with Crippen molar-refractivity contribution in [2.24, 2.45) is 0 Å². The van der Waals surface area contributed by atoms with Crippen molar-refractivity contribution in [3.8, 4) is 5.75 Å². The van der Waals surface area contributed by atoms with Gasteiger partial charge in [0.15, 0.2) is 0 Å². The Labute approximate surface area is 184 Å². The maximum absolute atomic E-state index is 12.8. The molecule has 1 amide bonds. The van der Waals surface area contributed by atoms with Gasteiger partial charge in [-0.05, 0) is 49.4 Å². The number of benzene rings is 1. The Balaban J connectivity index is 1.51. The molecule has 0 saturated heterocycles. The van der Waals surface area contributed by atoms with Gasteiger partial charge in [-0.15, -0.1) is 0 Å². The standard InChI is InChI=1S/C23H24N4O3S/c1-30-18-8-4-7-17(12-18)25-21(28)15-31-22-19-9-2-3-10-20(19)27(23(29)26-22)14-16-6-5-11-24-13-16/h4-8,11-13H,2-3,9-10,14-15H2,1H3,(H,25,28). The second-order valence-electron chi connectivity index (χ2n) is 7.35. The SMILES string of the molecule is COc1cccc(NC(=O)CSc2nc(=O)n(Cc3cccnc3)c3c2CCCC3)c1. The van der Waals surface area contributed by atoms with E-state index in [0.717, 1.165) is 42.5 Å². The van der Waals surface area contributed by atoms with Crippen molar-refractivity contribution in [2.75, 3.05) is 18.2 Å². The molecule has 1 N–H and O–H groups in total. The van der Waals surface area contributed by atoms with Crippen LogP contribution in [0.2, 0.25) is 0 Å². The molecular formula is C23H24N4O3S. The number of hydrogen-bond donors (Lipinski definition) is 1. The number of aromatic nitrogens is 3. The molecule has 3 aromatic rings. The molecule has 0 bridgehead atoms. The summed E-state index contributed by atoms with van der Waals surface area (Å²) < 4.78 is 6.94. The number of nitrogens with zero attached hydrogens (tertiary/aromatic N) is 3. The summed E-state index contributed by atoms with van der Waals surface area (Å²) in [6, 6.07) is 11.0. The summed E-state index contributed by atoms with van der Waals surface area (Å²) in [7, 11) is 1.59. The van der Waals surface area contributed by atoms with E-state index in [2.05, 4.69) is 15.3 Å². The number of ether oxygens (including phenoxy) is 1. The van der Waals surface area contributed by atoms with Crippen LogP contribution in [0.4, 0.5) is 5.69 Å². The number of rotatable bonds is 7. The number of carbonyl (C=O) groups excluding carboxylic acids is 1. The van der Waals surface area contributed by atoms with Gasteiger partial charge in [-0.3, -0.25) is 14.3 Å². The fourth-order valence-corrected chi connectivity index (χ4v) is 4.61. The third kappa shape index (κ3) is 5.14. The molecule has 4 rings (SSSR count). The third-order valence-corrected chi connectivity index (χ3v) is 6.23. The molecule has 160 valence electrons. The lowest BCUT2D eigenvalue weighted by Crippen LogP contribution is -2.30. The fraction of sp³-hybridized carbons (Fsp3) is 0.304. The number of hydrogen-bond acceptors (Lipinski definition) is 6. The quantitative estimate of drug-likeness (QED) is 0.452. The van der Waals surface area contributed by atoms with Crippen molar-refractivity contribution in [1.82, 2.24) is 14.5 Å². The minimum Gasteiger partial charge on any atom is -0.497 e. The van der Waals surface area contributed by atoms with Crippen LogP contribution in [0.3, 0.4) is 0 Å². The summed E-state index contributed by atoms with van der Waals surface area (Å²) in [5.41, 5.74) is 3.49. The van der Waals surface area contributed by atoms with Crippen LogP contribution in [0.5, 0.6) is 5.75 Å². The summed E-state index contributed by atoms with van der Waals surface area (Å²) in [6.07, 6.45) is 7.31. The zero-order chi connectivity index (χ0) is 21.6. The Hall–Kier alpha value is -3.13. The highest BCUT2D eigenvalue weighted by Gasteiger charge is 2.21. The Morgan fingerprint density at radius 2 is 2.10 bits per heavy atom. The molecular weight excluding hydrogens is 412 g/mol.